The van der Waals surface area contributed by atoms with Crippen molar-refractivity contribution in [2.24, 2.45) is 10.4 Å². The van der Waals surface area contributed by atoms with E-state index in [-0.39, 0.29) is 5.91 Å². The van der Waals surface area contributed by atoms with Crippen LogP contribution in [-0.2, 0) is 19.9 Å². The number of ether oxygens (including phenoxy) is 2. The lowest BCUT2D eigenvalue weighted by Crippen LogP contribution is -2.57. The zero-order valence-electron chi connectivity index (χ0n) is 16.8. The Bertz CT molecular complexity index is 1010. The SMILES string of the molecule is COC1=CC=CN2NC(c3cccc(C#N)c3)(C3(C(=O)N4CCOCC4)CC3)N=C12. The maximum absolute atomic E-state index is 13.8. The van der Waals surface area contributed by atoms with Crippen molar-refractivity contribution in [2.75, 3.05) is 33.4 Å². The number of fused-ring (bicyclic) bond motifs is 1. The van der Waals surface area contributed by atoms with Crippen LogP contribution in [0.1, 0.15) is 24.0 Å². The minimum Gasteiger partial charge on any atom is -0.493 e. The van der Waals surface area contributed by atoms with E-state index in [9.17, 15) is 10.1 Å². The molecule has 154 valence electrons. The monoisotopic (exact) mass is 405 g/mol. The molecule has 1 unspecified atom stereocenters. The molecule has 1 aliphatic carbocycles. The van der Waals surface area contributed by atoms with Crippen molar-refractivity contribution in [2.45, 2.75) is 18.5 Å². The molecule has 1 aromatic carbocycles. The first-order valence-electron chi connectivity index (χ1n) is 10.1. The fourth-order valence-electron chi connectivity index (χ4n) is 4.55. The molecule has 1 saturated carbocycles. The number of nitrogens with one attached hydrogen (secondary N) is 1. The van der Waals surface area contributed by atoms with Crippen molar-refractivity contribution >= 4 is 11.7 Å². The summed E-state index contributed by atoms with van der Waals surface area (Å²) in [5.74, 6) is 1.33. The van der Waals surface area contributed by atoms with Crippen LogP contribution in [0.4, 0.5) is 0 Å². The van der Waals surface area contributed by atoms with Crippen molar-refractivity contribution in [1.82, 2.24) is 15.3 Å². The molecule has 1 atom stereocenters. The number of nitriles is 1. The molecule has 8 nitrogen and oxygen atoms in total. The standard InChI is InChI=1S/C22H23N5O3/c1-29-18-6-3-9-27-19(18)24-22(25-27,17-5-2-4-16(14-17)15-23)21(7-8-21)20(28)26-10-12-30-13-11-26/h2-6,9,14,25H,7-8,10-13H2,1H3. The van der Waals surface area contributed by atoms with Crippen molar-refractivity contribution < 1.29 is 14.3 Å². The molecule has 0 bridgehead atoms. The molecule has 0 radical (unpaired) electrons. The van der Waals surface area contributed by atoms with Crippen LogP contribution < -0.4 is 5.43 Å². The summed E-state index contributed by atoms with van der Waals surface area (Å²) < 4.78 is 11.0. The van der Waals surface area contributed by atoms with Gasteiger partial charge in [-0.05, 0) is 42.7 Å². The highest BCUT2D eigenvalue weighted by atomic mass is 16.5. The van der Waals surface area contributed by atoms with E-state index in [1.807, 2.05) is 46.5 Å². The Balaban J connectivity index is 1.64. The molecule has 4 aliphatic rings. The molecule has 1 amide bonds. The molecule has 1 aromatic rings. The van der Waals surface area contributed by atoms with Crippen molar-refractivity contribution in [1.29, 1.82) is 5.26 Å². The number of rotatable bonds is 4. The Morgan fingerprint density at radius 1 is 1.33 bits per heavy atom. The Kier molecular flexibility index (Phi) is 4.38. The number of amidine groups is 1. The lowest BCUT2D eigenvalue weighted by Gasteiger charge is -2.39. The third-order valence-corrected chi connectivity index (χ3v) is 6.27. The number of amides is 1. The van der Waals surface area contributed by atoms with Gasteiger partial charge in [0.15, 0.2) is 17.3 Å². The predicted octanol–water partition coefficient (Wildman–Crippen LogP) is 1.63. The molecule has 2 fully saturated rings. The van der Waals surface area contributed by atoms with Gasteiger partial charge in [-0.1, -0.05) is 12.1 Å². The molecule has 30 heavy (non-hydrogen) atoms. The van der Waals surface area contributed by atoms with Gasteiger partial charge in [0.25, 0.3) is 0 Å². The molecule has 0 spiro atoms. The zero-order chi connectivity index (χ0) is 20.8. The lowest BCUT2D eigenvalue weighted by atomic mass is 9.81. The van der Waals surface area contributed by atoms with Crippen molar-refractivity contribution in [3.05, 3.63) is 59.5 Å². The number of benzene rings is 1. The summed E-state index contributed by atoms with van der Waals surface area (Å²) in [6.45, 7) is 2.26. The van der Waals surface area contributed by atoms with Crippen LogP contribution in [0.3, 0.4) is 0 Å². The normalized spacial score (nSPS) is 26.4. The predicted molar refractivity (Wildman–Crippen MR) is 109 cm³/mol. The maximum Gasteiger partial charge on any atom is 0.233 e. The number of aliphatic imine (C=N–C) groups is 1. The Labute approximate surface area is 175 Å². The first-order chi connectivity index (χ1) is 14.6. The number of hydrogen-bond acceptors (Lipinski definition) is 7. The van der Waals surface area contributed by atoms with Gasteiger partial charge in [0.1, 0.15) is 0 Å². The molecule has 0 aromatic heterocycles. The number of morpholine rings is 1. The largest absolute Gasteiger partial charge is 0.493 e. The van der Waals surface area contributed by atoms with Crippen LogP contribution >= 0.6 is 0 Å². The number of hydrazine groups is 1. The fourth-order valence-corrected chi connectivity index (χ4v) is 4.55. The Morgan fingerprint density at radius 3 is 2.83 bits per heavy atom. The highest BCUT2D eigenvalue weighted by Crippen LogP contribution is 2.61. The third kappa shape index (κ3) is 2.66. The van der Waals surface area contributed by atoms with Gasteiger partial charge >= 0.3 is 0 Å². The van der Waals surface area contributed by atoms with E-state index in [1.54, 1.807) is 13.2 Å². The van der Waals surface area contributed by atoms with Crippen LogP contribution in [0.15, 0.2) is 53.4 Å². The maximum atomic E-state index is 13.8. The summed E-state index contributed by atoms with van der Waals surface area (Å²) in [6, 6.07) is 9.56. The van der Waals surface area contributed by atoms with E-state index in [2.05, 4.69) is 11.5 Å². The summed E-state index contributed by atoms with van der Waals surface area (Å²) in [4.78, 5) is 20.7. The van der Waals surface area contributed by atoms with Gasteiger partial charge in [-0.3, -0.25) is 9.80 Å². The van der Waals surface area contributed by atoms with E-state index < -0.39 is 11.1 Å². The van der Waals surface area contributed by atoms with Gasteiger partial charge in [-0.25, -0.2) is 4.99 Å². The minimum absolute atomic E-state index is 0.0804. The van der Waals surface area contributed by atoms with E-state index >= 15 is 0 Å². The van der Waals surface area contributed by atoms with E-state index in [4.69, 9.17) is 14.5 Å². The van der Waals surface area contributed by atoms with Crippen LogP contribution in [-0.4, -0.2) is 55.1 Å². The Hall–Kier alpha value is -3.15. The number of carbonyl (C=O) groups excluding carboxylic acids is 1. The van der Waals surface area contributed by atoms with E-state index in [1.165, 1.54) is 0 Å². The smallest absolute Gasteiger partial charge is 0.233 e. The lowest BCUT2D eigenvalue weighted by molar-refractivity contribution is -0.145. The molecule has 3 aliphatic heterocycles. The highest BCUT2D eigenvalue weighted by Gasteiger charge is 2.69. The molecule has 5 rings (SSSR count). The van der Waals surface area contributed by atoms with Gasteiger partial charge < -0.3 is 14.4 Å². The van der Waals surface area contributed by atoms with Crippen LogP contribution in [0, 0.1) is 16.7 Å². The minimum atomic E-state index is -1.02. The zero-order valence-corrected chi connectivity index (χ0v) is 16.8. The van der Waals surface area contributed by atoms with Gasteiger partial charge in [-0.15, -0.1) is 0 Å². The molecular formula is C22H23N5O3. The van der Waals surface area contributed by atoms with E-state index in [0.717, 1.165) is 5.56 Å². The number of carbonyl (C=O) groups is 1. The first-order valence-corrected chi connectivity index (χ1v) is 10.1. The topological polar surface area (TPSA) is 90.2 Å². The summed E-state index contributed by atoms with van der Waals surface area (Å²) in [5, 5.41) is 11.3. The summed E-state index contributed by atoms with van der Waals surface area (Å²) in [6.07, 6.45) is 7.02. The van der Waals surface area contributed by atoms with Gasteiger partial charge in [-0.2, -0.15) is 10.7 Å². The molecule has 3 heterocycles. The van der Waals surface area contributed by atoms with Crippen molar-refractivity contribution in [3.63, 3.8) is 0 Å². The fraction of sp³-hybridized carbons (Fsp3) is 0.409. The van der Waals surface area contributed by atoms with Gasteiger partial charge in [0.2, 0.25) is 5.91 Å². The number of nitrogens with zero attached hydrogens (tertiary/aromatic N) is 4. The van der Waals surface area contributed by atoms with Crippen molar-refractivity contribution in [3.8, 4) is 6.07 Å². The van der Waals surface area contributed by atoms with Crippen LogP contribution in [0.2, 0.25) is 0 Å². The number of allylic oxidation sites excluding steroid dienone is 2. The summed E-state index contributed by atoms with van der Waals surface area (Å²) in [5.41, 5.74) is 3.08. The molecular weight excluding hydrogens is 382 g/mol. The Morgan fingerprint density at radius 2 is 2.13 bits per heavy atom. The highest BCUT2D eigenvalue weighted by molar-refractivity contribution is 6.00. The molecule has 1 saturated heterocycles. The number of hydrogen-bond donors (Lipinski definition) is 1. The van der Waals surface area contributed by atoms with Gasteiger partial charge in [0.05, 0.1) is 37.4 Å². The first kappa shape index (κ1) is 18.9. The third-order valence-electron chi connectivity index (χ3n) is 6.27. The van der Waals surface area contributed by atoms with Crippen LogP contribution in [0.25, 0.3) is 0 Å². The summed E-state index contributed by atoms with van der Waals surface area (Å²) >= 11 is 0. The van der Waals surface area contributed by atoms with Gasteiger partial charge in [0, 0.05) is 19.3 Å². The van der Waals surface area contributed by atoms with Crippen LogP contribution in [0.5, 0.6) is 0 Å². The second-order valence-corrected chi connectivity index (χ2v) is 7.88. The quantitative estimate of drug-likeness (QED) is 0.819. The molecule has 8 heteroatoms. The summed E-state index contributed by atoms with van der Waals surface area (Å²) in [7, 11) is 1.60. The molecule has 1 N–H and O–H groups in total. The second-order valence-electron chi connectivity index (χ2n) is 7.88. The van der Waals surface area contributed by atoms with E-state index in [0.29, 0.717) is 56.3 Å². The second kappa shape index (κ2) is 6.97. The number of methoxy groups -OCH3 is 1. The average Bonchev–Trinajstić information content (AvgIpc) is 3.53. The average molecular weight is 405 g/mol.